The van der Waals surface area contributed by atoms with Crippen LogP contribution in [-0.2, 0) is 4.79 Å². The van der Waals surface area contributed by atoms with E-state index in [0.717, 1.165) is 44.0 Å². The maximum Gasteiger partial charge on any atom is 0.247 e. The number of methoxy groups -OCH3 is 1. The summed E-state index contributed by atoms with van der Waals surface area (Å²) in [6.07, 6.45) is 9.72. The van der Waals surface area contributed by atoms with Crippen LogP contribution >= 0.6 is 0 Å². The Morgan fingerprint density at radius 2 is 1.92 bits per heavy atom. The van der Waals surface area contributed by atoms with Crippen molar-refractivity contribution < 1.29 is 9.53 Å². The van der Waals surface area contributed by atoms with Crippen LogP contribution in [0, 0.1) is 17.2 Å². The Bertz CT molecular complexity index is 1200. The molecule has 0 saturated heterocycles. The lowest BCUT2D eigenvalue weighted by Crippen LogP contribution is -2.46. The molecule has 3 saturated carbocycles. The number of rotatable bonds is 11. The summed E-state index contributed by atoms with van der Waals surface area (Å²) in [6.45, 7) is 5.16. The molecule has 1 heterocycles. The minimum Gasteiger partial charge on any atom is -0.494 e. The molecule has 2 bridgehead atoms. The molecule has 10 nitrogen and oxygen atoms in total. The average Bonchev–Trinajstić information content (AvgIpc) is 2.92. The van der Waals surface area contributed by atoms with Gasteiger partial charge in [0.2, 0.25) is 11.9 Å². The van der Waals surface area contributed by atoms with Gasteiger partial charge in [0.15, 0.2) is 0 Å². The zero-order chi connectivity index (χ0) is 27.3. The number of fused-ring (bicyclic) bond motifs is 3. The Morgan fingerprint density at radius 3 is 2.53 bits per heavy atom. The number of nitrogens with zero attached hydrogens (tertiary/aromatic N) is 5. The number of nitrogens with one attached hydrogen (secondary N) is 3. The molecule has 0 aliphatic heterocycles. The van der Waals surface area contributed by atoms with Gasteiger partial charge in [-0.2, -0.15) is 10.2 Å². The van der Waals surface area contributed by atoms with Crippen LogP contribution in [0.1, 0.15) is 44.1 Å². The fourth-order valence-corrected chi connectivity index (χ4v) is 5.33. The number of ether oxygens (including phenoxy) is 1. The van der Waals surface area contributed by atoms with Crippen LogP contribution in [-0.4, -0.2) is 67.7 Å². The van der Waals surface area contributed by atoms with Crippen LogP contribution < -0.4 is 25.6 Å². The van der Waals surface area contributed by atoms with Gasteiger partial charge in [-0.05, 0) is 70.7 Å². The van der Waals surface area contributed by atoms with Crippen LogP contribution in [0.2, 0.25) is 0 Å². The smallest absolute Gasteiger partial charge is 0.247 e. The van der Waals surface area contributed by atoms with Crippen molar-refractivity contribution in [2.24, 2.45) is 5.92 Å². The molecule has 3 aliphatic carbocycles. The van der Waals surface area contributed by atoms with E-state index in [-0.39, 0.29) is 11.4 Å². The molecule has 5 rings (SSSR count). The van der Waals surface area contributed by atoms with E-state index in [9.17, 15) is 10.1 Å². The van der Waals surface area contributed by atoms with Gasteiger partial charge in [0.25, 0.3) is 0 Å². The number of carbonyl (C=O) groups is 1. The van der Waals surface area contributed by atoms with Crippen LogP contribution in [0.25, 0.3) is 0 Å². The minimum absolute atomic E-state index is 0.00933. The average molecular weight is 519 g/mol. The maximum atomic E-state index is 12.2. The Morgan fingerprint density at radius 1 is 1.21 bits per heavy atom. The van der Waals surface area contributed by atoms with Gasteiger partial charge in [0.1, 0.15) is 23.2 Å². The van der Waals surface area contributed by atoms with E-state index < -0.39 is 0 Å². The number of hydrogen-bond donors (Lipinski definition) is 3. The third-order valence-corrected chi connectivity index (χ3v) is 7.69. The van der Waals surface area contributed by atoms with Crippen molar-refractivity contribution in [3.63, 3.8) is 0 Å². The van der Waals surface area contributed by atoms with Crippen molar-refractivity contribution in [1.29, 1.82) is 5.26 Å². The molecule has 3 aliphatic rings. The molecule has 3 fully saturated rings. The molecule has 0 atom stereocenters. The zero-order valence-electron chi connectivity index (χ0n) is 22.8. The predicted molar refractivity (Wildman–Crippen MR) is 151 cm³/mol. The summed E-state index contributed by atoms with van der Waals surface area (Å²) in [4.78, 5) is 25.5. The molecule has 1 aromatic heterocycles. The summed E-state index contributed by atoms with van der Waals surface area (Å²) < 4.78 is 5.70. The molecule has 38 heavy (non-hydrogen) atoms. The highest BCUT2D eigenvalue weighted by atomic mass is 16.5. The number of nitriles is 1. The molecule has 0 unspecified atom stereocenters. The molecular weight excluding hydrogens is 480 g/mol. The third-order valence-electron chi connectivity index (χ3n) is 7.69. The summed E-state index contributed by atoms with van der Waals surface area (Å²) in [6, 6.07) is 5.90. The summed E-state index contributed by atoms with van der Waals surface area (Å²) >= 11 is 0. The molecular formula is C28H38N8O2. The quantitative estimate of drug-likeness (QED) is 0.373. The van der Waals surface area contributed by atoms with Crippen LogP contribution in [0.4, 0.5) is 28.8 Å². The van der Waals surface area contributed by atoms with Gasteiger partial charge in [-0.15, -0.1) is 0 Å². The largest absolute Gasteiger partial charge is 0.494 e. The highest BCUT2D eigenvalue weighted by Gasteiger charge is 2.40. The second kappa shape index (κ2) is 11.7. The van der Waals surface area contributed by atoms with Crippen LogP contribution in [0.5, 0.6) is 5.75 Å². The Labute approximate surface area is 225 Å². The topological polar surface area (TPSA) is 118 Å². The van der Waals surface area contributed by atoms with E-state index in [1.165, 1.54) is 25.3 Å². The van der Waals surface area contributed by atoms with Crippen LogP contribution in [0.3, 0.4) is 0 Å². The first-order chi connectivity index (χ1) is 18.3. The highest BCUT2D eigenvalue weighted by molar-refractivity contribution is 6.02. The second-order valence-electron chi connectivity index (χ2n) is 10.6. The first kappa shape index (κ1) is 27.2. The fraction of sp³-hybridized carbons (Fsp3) is 0.500. The number of amides is 1. The predicted octanol–water partition coefficient (Wildman–Crippen LogP) is 4.36. The Kier molecular flexibility index (Phi) is 8.37. The Hall–Kier alpha value is -3.84. The van der Waals surface area contributed by atoms with Gasteiger partial charge in [-0.25, -0.2) is 4.98 Å². The summed E-state index contributed by atoms with van der Waals surface area (Å²) in [5.41, 5.74) is 2.40. The first-order valence-electron chi connectivity index (χ1n) is 13.1. The monoisotopic (exact) mass is 518 g/mol. The fourth-order valence-electron chi connectivity index (χ4n) is 5.33. The number of likely N-dealkylation sites (N-methyl/N-ethyl adjacent to an activating group) is 2. The first-order valence-corrected chi connectivity index (χ1v) is 13.1. The van der Waals surface area contributed by atoms with Gasteiger partial charge in [0.05, 0.1) is 30.4 Å². The molecule has 1 aromatic carbocycles. The SMILES string of the molecule is C=CC(=O)Nc1cc(Nc2ncc(C#N)c(NC34CCC(CC3)CC4)n2)c(OC)cc1N(C)CCN(C)C. The van der Waals surface area contributed by atoms with E-state index in [4.69, 9.17) is 9.72 Å². The third kappa shape index (κ3) is 6.17. The summed E-state index contributed by atoms with van der Waals surface area (Å²) in [7, 11) is 7.59. The van der Waals surface area contributed by atoms with Gasteiger partial charge < -0.3 is 30.5 Å². The molecule has 202 valence electrons. The van der Waals surface area contributed by atoms with Crippen molar-refractivity contribution >= 4 is 34.7 Å². The van der Waals surface area contributed by atoms with Crippen molar-refractivity contribution in [2.75, 3.05) is 62.2 Å². The van der Waals surface area contributed by atoms with E-state index in [0.29, 0.717) is 34.5 Å². The van der Waals surface area contributed by atoms with Crippen molar-refractivity contribution in [3.8, 4) is 11.8 Å². The lowest BCUT2D eigenvalue weighted by molar-refractivity contribution is -0.111. The summed E-state index contributed by atoms with van der Waals surface area (Å²) in [5.74, 6) is 1.97. The number of anilines is 5. The van der Waals surface area contributed by atoms with E-state index in [2.05, 4.69) is 43.4 Å². The highest BCUT2D eigenvalue weighted by Crippen LogP contribution is 2.46. The molecule has 10 heteroatoms. The number of benzene rings is 1. The van der Waals surface area contributed by atoms with Crippen molar-refractivity contribution in [1.82, 2.24) is 14.9 Å². The molecule has 3 N–H and O–H groups in total. The van der Waals surface area contributed by atoms with E-state index in [1.807, 2.05) is 27.2 Å². The lowest BCUT2D eigenvalue weighted by Gasteiger charge is -2.47. The molecule has 1 amide bonds. The van der Waals surface area contributed by atoms with Crippen LogP contribution in [0.15, 0.2) is 31.0 Å². The number of hydrogen-bond acceptors (Lipinski definition) is 9. The lowest BCUT2D eigenvalue weighted by atomic mass is 9.66. The second-order valence-corrected chi connectivity index (χ2v) is 10.6. The number of aromatic nitrogens is 2. The van der Waals surface area contributed by atoms with Crippen molar-refractivity contribution in [2.45, 2.75) is 44.1 Å². The van der Waals surface area contributed by atoms with Gasteiger partial charge >= 0.3 is 0 Å². The molecule has 0 spiro atoms. The molecule has 2 aromatic rings. The van der Waals surface area contributed by atoms with Crippen molar-refractivity contribution in [3.05, 3.63) is 36.5 Å². The van der Waals surface area contributed by atoms with E-state index in [1.54, 1.807) is 19.4 Å². The normalized spacial score (nSPS) is 19.9. The number of carbonyl (C=O) groups excluding carboxylic acids is 1. The summed E-state index contributed by atoms with van der Waals surface area (Å²) in [5, 5.41) is 19.5. The molecule has 0 radical (unpaired) electrons. The minimum atomic E-state index is -0.314. The van der Waals surface area contributed by atoms with Gasteiger partial charge in [0, 0.05) is 31.7 Å². The zero-order valence-corrected chi connectivity index (χ0v) is 22.8. The standard InChI is InChI=1S/C28H38N8O2/c1-6-25(37)31-21-15-22(24(38-5)16-23(21)36(4)14-13-35(2)3)32-27-30-18-20(17-29)26(33-27)34-28-10-7-19(8-11-28)9-12-28/h6,15-16,18-19H,1,7-14H2,2-5H3,(H,31,37)(H2,30,32,33,34). The van der Waals surface area contributed by atoms with Gasteiger partial charge in [-0.3, -0.25) is 4.79 Å². The maximum absolute atomic E-state index is 12.2. The Balaban J connectivity index is 1.65. The van der Waals surface area contributed by atoms with Gasteiger partial charge in [-0.1, -0.05) is 6.58 Å². The van der Waals surface area contributed by atoms with E-state index >= 15 is 0 Å².